The molecule has 0 amide bonds. The highest BCUT2D eigenvalue weighted by Gasteiger charge is 2.08. The molecule has 1 rings (SSSR count). The van der Waals surface area contributed by atoms with Crippen LogP contribution in [0.3, 0.4) is 0 Å². The van der Waals surface area contributed by atoms with Crippen molar-refractivity contribution in [2.75, 3.05) is 25.1 Å². The van der Waals surface area contributed by atoms with Crippen LogP contribution in [0, 0.1) is 6.92 Å². The monoisotopic (exact) mass is 256 g/mol. The van der Waals surface area contributed by atoms with Gasteiger partial charge in [0.1, 0.15) is 0 Å². The van der Waals surface area contributed by atoms with Crippen LogP contribution in [0.2, 0.25) is 0 Å². The first-order chi connectivity index (χ1) is 8.04. The van der Waals surface area contributed by atoms with Crippen molar-refractivity contribution < 1.29 is 4.74 Å². The van der Waals surface area contributed by atoms with Crippen LogP contribution in [0.4, 0.5) is 5.69 Å². The van der Waals surface area contributed by atoms with Gasteiger partial charge < -0.3 is 9.64 Å². The van der Waals surface area contributed by atoms with Gasteiger partial charge in [-0.1, -0.05) is 0 Å². The van der Waals surface area contributed by atoms with Gasteiger partial charge in [-0.15, -0.1) is 11.6 Å². The first-order valence-corrected chi connectivity index (χ1v) is 6.42. The van der Waals surface area contributed by atoms with E-state index in [1.807, 2.05) is 27.0 Å². The van der Waals surface area contributed by atoms with Crippen LogP contribution >= 0.6 is 11.6 Å². The molecule has 17 heavy (non-hydrogen) atoms. The highest BCUT2D eigenvalue weighted by atomic mass is 35.5. The van der Waals surface area contributed by atoms with Gasteiger partial charge in [-0.25, -0.2) is 0 Å². The van der Waals surface area contributed by atoms with Crippen molar-refractivity contribution in [3.8, 4) is 0 Å². The number of halogens is 1. The minimum atomic E-state index is 0.273. The Labute approximate surface area is 109 Å². The normalized spacial score (nSPS) is 10.9. The minimum absolute atomic E-state index is 0.273. The molecule has 96 valence electrons. The molecule has 0 aliphatic rings. The van der Waals surface area contributed by atoms with E-state index in [9.17, 15) is 0 Å². The smallest absolute Gasteiger partial charge is 0.0644 e. The predicted molar refractivity (Wildman–Crippen MR) is 72.9 cm³/mol. The van der Waals surface area contributed by atoms with Crippen LogP contribution in [-0.4, -0.2) is 31.3 Å². The molecule has 0 aromatic carbocycles. The molecule has 0 aliphatic heterocycles. The van der Waals surface area contributed by atoms with E-state index in [4.69, 9.17) is 16.3 Å². The zero-order valence-corrected chi connectivity index (χ0v) is 11.8. The number of likely N-dealkylation sites (N-methyl/N-ethyl adjacent to an activating group) is 1. The summed E-state index contributed by atoms with van der Waals surface area (Å²) >= 11 is 5.92. The molecular weight excluding hydrogens is 236 g/mol. The summed E-state index contributed by atoms with van der Waals surface area (Å²) in [4.78, 5) is 6.42. The van der Waals surface area contributed by atoms with E-state index in [1.165, 1.54) is 0 Å². The molecule has 0 fully saturated rings. The largest absolute Gasteiger partial charge is 0.377 e. The Kier molecular flexibility index (Phi) is 5.72. The first-order valence-electron chi connectivity index (χ1n) is 5.88. The number of rotatable bonds is 6. The quantitative estimate of drug-likeness (QED) is 0.732. The molecule has 0 N–H and O–H groups in total. The van der Waals surface area contributed by atoms with Crippen molar-refractivity contribution in [1.82, 2.24) is 4.98 Å². The molecule has 0 saturated carbocycles. The Morgan fingerprint density at radius 2 is 2.18 bits per heavy atom. The van der Waals surface area contributed by atoms with Gasteiger partial charge in [0.15, 0.2) is 0 Å². The highest BCUT2D eigenvalue weighted by Crippen LogP contribution is 2.21. The number of ether oxygens (including phenoxy) is 1. The fourth-order valence-electron chi connectivity index (χ4n) is 1.58. The standard InChI is InChI=1S/C13H21ClN2O/c1-10(2)17-6-5-16(4)13-7-11(3)15-9-12(13)8-14/h7,9-10H,5-6,8H2,1-4H3. The van der Waals surface area contributed by atoms with Gasteiger partial charge in [-0.05, 0) is 26.8 Å². The molecule has 3 nitrogen and oxygen atoms in total. The van der Waals surface area contributed by atoms with Crippen molar-refractivity contribution >= 4 is 17.3 Å². The van der Waals surface area contributed by atoms with Crippen molar-refractivity contribution in [1.29, 1.82) is 0 Å². The van der Waals surface area contributed by atoms with E-state index in [1.54, 1.807) is 0 Å². The molecule has 1 aromatic rings. The van der Waals surface area contributed by atoms with E-state index in [-0.39, 0.29) is 6.10 Å². The van der Waals surface area contributed by atoms with Crippen LogP contribution < -0.4 is 4.90 Å². The summed E-state index contributed by atoms with van der Waals surface area (Å²) in [6.07, 6.45) is 2.12. The SMILES string of the molecule is Cc1cc(N(C)CCOC(C)C)c(CCl)cn1. The molecule has 0 spiro atoms. The number of nitrogens with zero attached hydrogens (tertiary/aromatic N) is 2. The van der Waals surface area contributed by atoms with Crippen molar-refractivity contribution in [2.45, 2.75) is 32.8 Å². The topological polar surface area (TPSA) is 25.4 Å². The molecule has 0 saturated heterocycles. The molecule has 0 atom stereocenters. The zero-order chi connectivity index (χ0) is 12.8. The Morgan fingerprint density at radius 1 is 1.47 bits per heavy atom. The Morgan fingerprint density at radius 3 is 2.76 bits per heavy atom. The van der Waals surface area contributed by atoms with Gasteiger partial charge >= 0.3 is 0 Å². The summed E-state index contributed by atoms with van der Waals surface area (Å²) in [6.45, 7) is 7.64. The van der Waals surface area contributed by atoms with Crippen LogP contribution in [0.15, 0.2) is 12.3 Å². The van der Waals surface area contributed by atoms with E-state index >= 15 is 0 Å². The van der Waals surface area contributed by atoms with Gasteiger partial charge in [0.25, 0.3) is 0 Å². The van der Waals surface area contributed by atoms with Gasteiger partial charge in [-0.3, -0.25) is 4.98 Å². The van der Waals surface area contributed by atoms with Gasteiger partial charge in [-0.2, -0.15) is 0 Å². The maximum Gasteiger partial charge on any atom is 0.0644 e. The third kappa shape index (κ3) is 4.52. The maximum atomic E-state index is 5.92. The molecule has 0 bridgehead atoms. The summed E-state index contributed by atoms with van der Waals surface area (Å²) in [5.41, 5.74) is 3.20. The lowest BCUT2D eigenvalue weighted by molar-refractivity contribution is 0.0846. The van der Waals surface area contributed by atoms with Crippen molar-refractivity contribution in [3.63, 3.8) is 0 Å². The van der Waals surface area contributed by atoms with Gasteiger partial charge in [0.2, 0.25) is 0 Å². The second-order valence-corrected chi connectivity index (χ2v) is 4.70. The molecule has 4 heteroatoms. The Balaban J connectivity index is 2.66. The molecule has 0 unspecified atom stereocenters. The maximum absolute atomic E-state index is 5.92. The van der Waals surface area contributed by atoms with Gasteiger partial charge in [0.05, 0.1) is 18.6 Å². The number of aryl methyl sites for hydroxylation is 1. The number of alkyl halides is 1. The van der Waals surface area contributed by atoms with E-state index in [2.05, 4.69) is 23.0 Å². The minimum Gasteiger partial charge on any atom is -0.377 e. The number of pyridine rings is 1. The lowest BCUT2D eigenvalue weighted by atomic mass is 10.2. The van der Waals surface area contributed by atoms with E-state index in [0.717, 1.165) is 30.1 Å². The molecule has 1 heterocycles. The average molecular weight is 257 g/mol. The van der Waals surface area contributed by atoms with Crippen LogP contribution in [-0.2, 0) is 10.6 Å². The number of aromatic nitrogens is 1. The number of hydrogen-bond donors (Lipinski definition) is 0. The third-order valence-corrected chi connectivity index (χ3v) is 2.82. The molecular formula is C13H21ClN2O. The van der Waals surface area contributed by atoms with Crippen molar-refractivity contribution in [2.24, 2.45) is 0 Å². The van der Waals surface area contributed by atoms with Crippen LogP contribution in [0.5, 0.6) is 0 Å². The zero-order valence-electron chi connectivity index (χ0n) is 11.0. The lowest BCUT2D eigenvalue weighted by Gasteiger charge is -2.22. The van der Waals surface area contributed by atoms with Crippen LogP contribution in [0.1, 0.15) is 25.1 Å². The second kappa shape index (κ2) is 6.82. The summed E-state index contributed by atoms with van der Waals surface area (Å²) < 4.78 is 5.55. The summed E-state index contributed by atoms with van der Waals surface area (Å²) in [6, 6.07) is 2.06. The second-order valence-electron chi connectivity index (χ2n) is 4.43. The summed E-state index contributed by atoms with van der Waals surface area (Å²) in [5, 5.41) is 0. The fraction of sp³-hybridized carbons (Fsp3) is 0.615. The average Bonchev–Trinajstić information content (AvgIpc) is 2.28. The molecule has 0 aliphatic carbocycles. The first kappa shape index (κ1) is 14.3. The fourth-order valence-corrected chi connectivity index (χ4v) is 1.78. The van der Waals surface area contributed by atoms with Crippen LogP contribution in [0.25, 0.3) is 0 Å². The summed E-state index contributed by atoms with van der Waals surface area (Å²) in [7, 11) is 2.05. The lowest BCUT2D eigenvalue weighted by Crippen LogP contribution is -2.25. The highest BCUT2D eigenvalue weighted by molar-refractivity contribution is 6.17. The predicted octanol–water partition coefficient (Wildman–Crippen LogP) is 2.99. The molecule has 0 radical (unpaired) electrons. The molecule has 1 aromatic heterocycles. The van der Waals surface area contributed by atoms with E-state index < -0.39 is 0 Å². The summed E-state index contributed by atoms with van der Waals surface area (Å²) in [5.74, 6) is 0.484. The van der Waals surface area contributed by atoms with E-state index in [0.29, 0.717) is 5.88 Å². The Bertz CT molecular complexity index is 355. The Hall–Kier alpha value is -0.800. The van der Waals surface area contributed by atoms with Gasteiger partial charge in [0, 0.05) is 36.7 Å². The number of anilines is 1. The third-order valence-electron chi connectivity index (χ3n) is 2.53. The number of hydrogen-bond acceptors (Lipinski definition) is 3. The van der Waals surface area contributed by atoms with Crippen molar-refractivity contribution in [3.05, 3.63) is 23.5 Å².